The van der Waals surface area contributed by atoms with Gasteiger partial charge in [-0.3, -0.25) is 0 Å². The molecule has 11 heteroatoms. The number of nitrogens with zero attached hydrogens (tertiary/aromatic N) is 2. The predicted molar refractivity (Wildman–Crippen MR) is 110 cm³/mol. The van der Waals surface area contributed by atoms with Gasteiger partial charge in [0.05, 0.1) is 15.5 Å². The van der Waals surface area contributed by atoms with Crippen LogP contribution in [0.5, 0.6) is 5.75 Å². The van der Waals surface area contributed by atoms with Crippen LogP contribution in [0.4, 0.5) is 11.4 Å². The first kappa shape index (κ1) is 20.9. The van der Waals surface area contributed by atoms with Crippen LogP contribution in [0.1, 0.15) is 0 Å². The molecule has 0 saturated carbocycles. The molecule has 0 amide bonds. The van der Waals surface area contributed by atoms with Gasteiger partial charge in [0.25, 0.3) is 0 Å². The topological polar surface area (TPSA) is 159 Å². The molecule has 0 aliphatic carbocycles. The van der Waals surface area contributed by atoms with Crippen LogP contribution in [-0.4, -0.2) is 31.0 Å². The van der Waals surface area contributed by atoms with Gasteiger partial charge in [-0.05, 0) is 18.2 Å². The van der Waals surface area contributed by atoms with E-state index in [4.69, 9.17) is 0 Å². The normalized spacial score (nSPS) is 12.7. The van der Waals surface area contributed by atoms with E-state index in [-0.39, 0.29) is 33.3 Å². The first-order valence-electron chi connectivity index (χ1n) is 8.67. The minimum atomic E-state index is -4.87. The fraction of sp³-hybridized carbons (Fsp3) is 0. The molecule has 0 aromatic heterocycles. The van der Waals surface area contributed by atoms with Gasteiger partial charge in [-0.25, -0.2) is 16.8 Å². The summed E-state index contributed by atoms with van der Waals surface area (Å²) in [6, 6.07) is 15.3. The quantitative estimate of drug-likeness (QED) is 0.360. The van der Waals surface area contributed by atoms with Crippen LogP contribution >= 0.6 is 0 Å². The summed E-state index contributed by atoms with van der Waals surface area (Å²) < 4.78 is 69.6. The number of azo groups is 1. The summed E-state index contributed by atoms with van der Waals surface area (Å²) in [7, 11) is -9.60. The summed E-state index contributed by atoms with van der Waals surface area (Å²) >= 11 is 0. The average molecular weight is 456 g/mol. The highest BCUT2D eigenvalue weighted by atomic mass is 32.2. The molecule has 0 unspecified atom stereocenters. The molecule has 0 atom stereocenters. The van der Waals surface area contributed by atoms with E-state index in [1.807, 2.05) is 0 Å². The summed E-state index contributed by atoms with van der Waals surface area (Å²) in [6.45, 7) is 0. The number of phenolic OH excluding ortho intramolecular Hbond substituents is 1. The molecule has 4 aromatic rings. The van der Waals surface area contributed by atoms with Crippen molar-refractivity contribution in [3.63, 3.8) is 0 Å². The maximum atomic E-state index is 11.7. The Morgan fingerprint density at radius 1 is 0.613 bits per heavy atom. The maximum absolute atomic E-state index is 11.7. The van der Waals surface area contributed by atoms with E-state index in [9.17, 15) is 31.0 Å². The molecule has 0 spiro atoms. The summed E-state index contributed by atoms with van der Waals surface area (Å²) in [5.74, 6) is -0.380. The second-order valence-electron chi connectivity index (χ2n) is 6.52. The zero-order valence-corrected chi connectivity index (χ0v) is 17.1. The summed E-state index contributed by atoms with van der Waals surface area (Å²) in [4.78, 5) is -0.983. The van der Waals surface area contributed by atoms with Crippen molar-refractivity contribution < 1.29 is 31.0 Å². The molecule has 0 aliphatic rings. The third-order valence-electron chi connectivity index (χ3n) is 4.62. The molecule has 4 aromatic carbocycles. The highest BCUT2D eigenvalue weighted by Gasteiger charge is 2.15. The van der Waals surface area contributed by atoms with Gasteiger partial charge in [0.15, 0.2) is 5.75 Å². The van der Waals surface area contributed by atoms with E-state index in [1.165, 1.54) is 36.4 Å². The first-order valence-corrected chi connectivity index (χ1v) is 11.5. The molecule has 0 saturated heterocycles. The van der Waals surface area contributed by atoms with Crippen molar-refractivity contribution in [2.75, 3.05) is 0 Å². The number of rotatable bonds is 4. The van der Waals surface area contributed by atoms with Gasteiger partial charge in [-0.15, -0.1) is 10.2 Å². The minimum Gasteiger partial charge on any atom is -0.744 e. The molecule has 0 radical (unpaired) electrons. The third kappa shape index (κ3) is 3.86. The van der Waals surface area contributed by atoms with Crippen LogP contribution < -0.4 is 0 Å². The molecule has 0 aliphatic heterocycles. The number of hydrogen-bond donors (Lipinski definition) is 1. The minimum absolute atomic E-state index is 0.0457. The van der Waals surface area contributed by atoms with E-state index >= 15 is 0 Å². The summed E-state index contributed by atoms with van der Waals surface area (Å²) in [6.07, 6.45) is 0. The van der Waals surface area contributed by atoms with Crippen LogP contribution in [0.2, 0.25) is 0 Å². The molecule has 4 rings (SSSR count). The van der Waals surface area contributed by atoms with Crippen LogP contribution in [0, 0.1) is 0 Å². The highest BCUT2D eigenvalue weighted by molar-refractivity contribution is 7.86. The SMILES string of the molecule is O=S(=O)([O-])c1ccc(N=Nc2cc(S(=O)(=O)[O-])c3ccccc3c2O)c2ccccc12. The molecule has 0 fully saturated rings. The lowest BCUT2D eigenvalue weighted by molar-refractivity contribution is 0.461. The Morgan fingerprint density at radius 3 is 1.68 bits per heavy atom. The number of benzene rings is 4. The van der Waals surface area contributed by atoms with E-state index in [1.54, 1.807) is 18.2 Å². The molecule has 31 heavy (non-hydrogen) atoms. The molecule has 158 valence electrons. The van der Waals surface area contributed by atoms with Gasteiger partial charge >= 0.3 is 0 Å². The Morgan fingerprint density at radius 2 is 1.10 bits per heavy atom. The van der Waals surface area contributed by atoms with E-state index < -0.39 is 30.0 Å². The predicted octanol–water partition coefficient (Wildman–Crippen LogP) is 3.92. The molecule has 1 N–H and O–H groups in total. The Bertz CT molecular complexity index is 1600. The Hall–Kier alpha value is -3.38. The highest BCUT2D eigenvalue weighted by Crippen LogP contribution is 2.40. The number of phenols is 1. The van der Waals surface area contributed by atoms with Crippen LogP contribution in [0.3, 0.4) is 0 Å². The van der Waals surface area contributed by atoms with Crippen LogP contribution in [-0.2, 0) is 20.2 Å². The maximum Gasteiger partial charge on any atom is 0.150 e. The van der Waals surface area contributed by atoms with Crippen molar-refractivity contribution in [1.29, 1.82) is 0 Å². The largest absolute Gasteiger partial charge is 0.744 e. The summed E-state index contributed by atoms with van der Waals surface area (Å²) in [5, 5.41) is 19.0. The van der Waals surface area contributed by atoms with Gasteiger partial charge in [0.2, 0.25) is 0 Å². The van der Waals surface area contributed by atoms with E-state index in [2.05, 4.69) is 10.2 Å². The fourth-order valence-electron chi connectivity index (χ4n) is 3.26. The second kappa shape index (κ2) is 7.39. The molecular weight excluding hydrogens is 444 g/mol. The first-order chi connectivity index (χ1) is 14.6. The van der Waals surface area contributed by atoms with Gasteiger partial charge in [0, 0.05) is 21.5 Å². The molecule has 0 bridgehead atoms. The Labute approximate surface area is 176 Å². The average Bonchev–Trinajstić information content (AvgIpc) is 2.71. The Balaban J connectivity index is 1.93. The van der Waals surface area contributed by atoms with Gasteiger partial charge in [-0.2, -0.15) is 0 Å². The smallest absolute Gasteiger partial charge is 0.150 e. The number of fused-ring (bicyclic) bond motifs is 2. The van der Waals surface area contributed by atoms with Crippen molar-refractivity contribution in [2.45, 2.75) is 9.79 Å². The standard InChI is InChI=1S/C20H14N2O7S2/c23-20-15-8-4-3-7-14(15)19(31(27,28)29)11-17(20)22-21-16-9-10-18(30(24,25)26)13-6-2-1-5-12(13)16/h1-11,23H,(H,24,25,26)(H,27,28,29)/p-2. The fourth-order valence-corrected chi connectivity index (χ4v) is 4.65. The monoisotopic (exact) mass is 456 g/mol. The van der Waals surface area contributed by atoms with Crippen molar-refractivity contribution in [3.8, 4) is 5.75 Å². The van der Waals surface area contributed by atoms with E-state index in [0.29, 0.717) is 5.39 Å². The Kier molecular flexibility index (Phi) is 4.98. The lowest BCUT2D eigenvalue weighted by Gasteiger charge is -2.13. The molecule has 9 nitrogen and oxygen atoms in total. The second-order valence-corrected chi connectivity index (χ2v) is 9.22. The van der Waals surface area contributed by atoms with Crippen molar-refractivity contribution >= 4 is 53.2 Å². The lowest BCUT2D eigenvalue weighted by atomic mass is 10.1. The van der Waals surface area contributed by atoms with Gasteiger partial charge in [0.1, 0.15) is 25.9 Å². The number of aromatic hydroxyl groups is 1. The van der Waals surface area contributed by atoms with Gasteiger partial charge < -0.3 is 14.2 Å². The zero-order valence-electron chi connectivity index (χ0n) is 15.5. The van der Waals surface area contributed by atoms with Crippen LogP contribution in [0.25, 0.3) is 21.5 Å². The van der Waals surface area contributed by atoms with Crippen molar-refractivity contribution in [1.82, 2.24) is 0 Å². The van der Waals surface area contributed by atoms with Crippen molar-refractivity contribution in [3.05, 3.63) is 66.7 Å². The summed E-state index contributed by atoms with van der Waals surface area (Å²) in [5.41, 5.74) is -0.0974. The third-order valence-corrected chi connectivity index (χ3v) is 6.39. The molecule has 0 heterocycles. The molecular formula is C20H12N2O7S2-2. The number of hydrogen-bond acceptors (Lipinski definition) is 9. The van der Waals surface area contributed by atoms with E-state index in [0.717, 1.165) is 12.1 Å². The lowest BCUT2D eigenvalue weighted by Crippen LogP contribution is -1.99. The van der Waals surface area contributed by atoms with Gasteiger partial charge in [-0.1, -0.05) is 48.5 Å². The van der Waals surface area contributed by atoms with Crippen molar-refractivity contribution in [2.24, 2.45) is 10.2 Å². The zero-order chi connectivity index (χ0) is 22.4. The van der Waals surface area contributed by atoms with Crippen LogP contribution in [0.15, 0.2) is 86.7 Å².